The van der Waals surface area contributed by atoms with E-state index in [9.17, 15) is 0 Å². The molecule has 1 rings (SSSR count). The minimum absolute atomic E-state index is 0. The van der Waals surface area contributed by atoms with E-state index in [1.807, 2.05) is 0 Å². The van der Waals surface area contributed by atoms with Gasteiger partial charge in [0, 0.05) is 0 Å². The summed E-state index contributed by atoms with van der Waals surface area (Å²) in [6.45, 7) is 6.97. The zero-order chi connectivity index (χ0) is 5.11. The Morgan fingerprint density at radius 2 is 2.38 bits per heavy atom. The zero-order valence-corrected chi connectivity index (χ0v) is 5.85. The van der Waals surface area contributed by atoms with Gasteiger partial charge in [-0.15, -0.1) is 0 Å². The fraction of sp³-hybridized carbons (Fsp3) is 0.833. The van der Waals surface area contributed by atoms with Gasteiger partial charge in [-0.05, 0) is 13.1 Å². The quantitative estimate of drug-likeness (QED) is 0.283. The van der Waals surface area contributed by atoms with E-state index in [-0.39, 0.29) is 18.9 Å². The first kappa shape index (κ1) is 8.56. The van der Waals surface area contributed by atoms with Crippen molar-refractivity contribution in [2.45, 2.75) is 19.8 Å². The largest absolute Gasteiger partial charge is 1.00 e. The molecule has 1 aliphatic rings. The van der Waals surface area contributed by atoms with Crippen molar-refractivity contribution in [3.63, 3.8) is 0 Å². The third-order valence-corrected chi connectivity index (χ3v) is 1.44. The summed E-state index contributed by atoms with van der Waals surface area (Å²) in [6.07, 6.45) is 2.67. The van der Waals surface area contributed by atoms with Crippen molar-refractivity contribution >= 4 is 0 Å². The molecule has 0 unspecified atom stereocenters. The van der Waals surface area contributed by atoms with Crippen LogP contribution in [0.5, 0.6) is 0 Å². The van der Waals surface area contributed by atoms with Gasteiger partial charge in [-0.3, -0.25) is 6.54 Å². The van der Waals surface area contributed by atoms with Crippen molar-refractivity contribution in [3.05, 3.63) is 6.54 Å². The van der Waals surface area contributed by atoms with Crippen LogP contribution in [0.25, 0.3) is 0 Å². The zero-order valence-electron chi connectivity index (χ0n) is 5.85. The molecule has 1 saturated heterocycles. The summed E-state index contributed by atoms with van der Waals surface area (Å²) in [5, 5.41) is 0. The van der Waals surface area contributed by atoms with E-state index >= 15 is 0 Å². The molecule has 1 fully saturated rings. The van der Waals surface area contributed by atoms with Crippen LogP contribution in [0, 0.1) is 6.54 Å². The van der Waals surface area contributed by atoms with Crippen LogP contribution in [0.3, 0.4) is 0 Å². The van der Waals surface area contributed by atoms with E-state index < -0.39 is 0 Å². The molecule has 0 aliphatic carbocycles. The maximum atomic E-state index is 2.36. The summed E-state index contributed by atoms with van der Waals surface area (Å²) in [5.41, 5.74) is 0. The van der Waals surface area contributed by atoms with Crippen LogP contribution in [0.2, 0.25) is 0 Å². The molecule has 2 heteroatoms. The van der Waals surface area contributed by atoms with Gasteiger partial charge < -0.3 is 4.90 Å². The first-order valence-corrected chi connectivity index (χ1v) is 3.01. The minimum atomic E-state index is 0. The summed E-state index contributed by atoms with van der Waals surface area (Å²) < 4.78 is 0. The molecular weight excluding hydrogens is 93.0 g/mol. The number of hydrogen-bond acceptors (Lipinski definition) is 1. The van der Waals surface area contributed by atoms with Crippen LogP contribution in [0.1, 0.15) is 19.8 Å². The molecule has 1 heterocycles. The molecule has 0 saturated carbocycles. The maximum absolute atomic E-state index is 2.36. The van der Waals surface area contributed by atoms with E-state index in [1.165, 1.54) is 25.9 Å². The molecule has 8 heavy (non-hydrogen) atoms. The number of nitrogens with zero attached hydrogens (tertiary/aromatic N) is 1. The summed E-state index contributed by atoms with van der Waals surface area (Å²) in [5.74, 6) is 0. The van der Waals surface area contributed by atoms with Gasteiger partial charge in [0.05, 0.1) is 0 Å². The molecule has 0 aromatic carbocycles. The number of rotatable bonds is 1. The average molecular weight is 105 g/mol. The van der Waals surface area contributed by atoms with Gasteiger partial charge in [0.25, 0.3) is 0 Å². The van der Waals surface area contributed by atoms with E-state index in [0.717, 1.165) is 0 Å². The predicted molar refractivity (Wildman–Crippen MR) is 30.8 cm³/mol. The van der Waals surface area contributed by atoms with Crippen LogP contribution in [0.15, 0.2) is 0 Å². The second-order valence-electron chi connectivity index (χ2n) is 1.95. The molecular formula is C6H12LiN. The number of likely N-dealkylation sites (tertiary alicyclic amines) is 1. The molecule has 0 aromatic heterocycles. The summed E-state index contributed by atoms with van der Waals surface area (Å²) in [6, 6.07) is 0. The molecule has 1 aliphatic heterocycles. The van der Waals surface area contributed by atoms with Crippen LogP contribution in [0.4, 0.5) is 0 Å². The van der Waals surface area contributed by atoms with Crippen LogP contribution in [-0.4, -0.2) is 18.0 Å². The summed E-state index contributed by atoms with van der Waals surface area (Å²) in [4.78, 5) is 2.36. The first-order chi connectivity index (χ1) is 3.43. The fourth-order valence-corrected chi connectivity index (χ4v) is 0.947. The van der Waals surface area contributed by atoms with Gasteiger partial charge in [-0.1, -0.05) is 13.3 Å². The third kappa shape index (κ3) is 2.22. The van der Waals surface area contributed by atoms with Crippen molar-refractivity contribution in [3.8, 4) is 0 Å². The van der Waals surface area contributed by atoms with Crippen molar-refractivity contribution in [1.29, 1.82) is 0 Å². The molecule has 0 atom stereocenters. The molecule has 0 amide bonds. The van der Waals surface area contributed by atoms with E-state index in [2.05, 4.69) is 18.4 Å². The molecule has 42 valence electrons. The average Bonchev–Trinajstić information content (AvgIpc) is 2.14. The maximum Gasteiger partial charge on any atom is 1.00 e. The molecule has 0 aromatic rings. The molecule has 0 bridgehead atoms. The van der Waals surface area contributed by atoms with Gasteiger partial charge in [-0.25, -0.2) is 0 Å². The Labute approximate surface area is 63.6 Å². The van der Waals surface area contributed by atoms with Gasteiger partial charge in [0.2, 0.25) is 0 Å². The molecule has 1 nitrogen and oxygen atoms in total. The van der Waals surface area contributed by atoms with Crippen molar-refractivity contribution in [2.75, 3.05) is 13.1 Å². The smallest absolute Gasteiger partial charge is 0.457 e. The normalized spacial score (nSPS) is 20.6. The standard InChI is InChI=1S/C6H12N.Li/c1-2-7-5-3-4-6-7;/h5H,2-4,6H2,1H3;/q-1;+1. The predicted octanol–water partition coefficient (Wildman–Crippen LogP) is -1.73. The van der Waals surface area contributed by atoms with Crippen LogP contribution >= 0.6 is 0 Å². The van der Waals surface area contributed by atoms with Gasteiger partial charge >= 0.3 is 18.9 Å². The Kier molecular flexibility index (Phi) is 4.75. The summed E-state index contributed by atoms with van der Waals surface area (Å²) >= 11 is 0. The van der Waals surface area contributed by atoms with Crippen molar-refractivity contribution in [1.82, 2.24) is 4.90 Å². The minimum Gasteiger partial charge on any atom is -0.457 e. The second-order valence-corrected chi connectivity index (χ2v) is 1.95. The molecule has 0 spiro atoms. The first-order valence-electron chi connectivity index (χ1n) is 3.01. The van der Waals surface area contributed by atoms with Gasteiger partial charge in [0.15, 0.2) is 0 Å². The Morgan fingerprint density at radius 1 is 1.62 bits per heavy atom. The van der Waals surface area contributed by atoms with E-state index in [0.29, 0.717) is 0 Å². The Hall–Kier alpha value is 0.557. The molecule has 0 radical (unpaired) electrons. The van der Waals surface area contributed by atoms with Crippen LogP contribution in [-0.2, 0) is 0 Å². The Morgan fingerprint density at radius 3 is 2.62 bits per heavy atom. The van der Waals surface area contributed by atoms with Gasteiger partial charge in [0.1, 0.15) is 0 Å². The Bertz CT molecular complexity index is 50.5. The summed E-state index contributed by atoms with van der Waals surface area (Å²) in [7, 11) is 0. The number of hydrogen-bond donors (Lipinski definition) is 0. The topological polar surface area (TPSA) is 3.24 Å². The van der Waals surface area contributed by atoms with Crippen molar-refractivity contribution < 1.29 is 18.9 Å². The van der Waals surface area contributed by atoms with E-state index in [1.54, 1.807) is 0 Å². The SMILES string of the molecule is CCN1[CH-]CCC1.[Li+]. The third-order valence-electron chi connectivity index (χ3n) is 1.44. The monoisotopic (exact) mass is 105 g/mol. The second kappa shape index (κ2) is 4.44. The van der Waals surface area contributed by atoms with Crippen LogP contribution < -0.4 is 18.9 Å². The fourth-order valence-electron chi connectivity index (χ4n) is 0.947. The Balaban J connectivity index is 0.000000490. The van der Waals surface area contributed by atoms with Crippen molar-refractivity contribution in [2.24, 2.45) is 0 Å². The molecule has 0 N–H and O–H groups in total. The van der Waals surface area contributed by atoms with Gasteiger partial charge in [-0.2, -0.15) is 6.42 Å². The van der Waals surface area contributed by atoms with E-state index in [4.69, 9.17) is 0 Å².